The summed E-state index contributed by atoms with van der Waals surface area (Å²) in [5.74, 6) is 0.120. The number of carbonyl (C=O) groups is 2. The average molecular weight is 656 g/mol. The monoisotopic (exact) mass is 655 g/mol. The van der Waals surface area contributed by atoms with Crippen LogP contribution in [-0.4, -0.2) is 37.7 Å². The second kappa shape index (κ2) is 17.1. The molecule has 1 aliphatic heterocycles. The van der Waals surface area contributed by atoms with Gasteiger partial charge in [0.05, 0.1) is 22.8 Å². The number of nitrogens with zero attached hydrogens (tertiary/aromatic N) is 5. The summed E-state index contributed by atoms with van der Waals surface area (Å²) in [6.45, 7) is 4.55. The summed E-state index contributed by atoms with van der Waals surface area (Å²) in [6.07, 6.45) is 14.1. The number of rotatable bonds is 17. The van der Waals surface area contributed by atoms with Gasteiger partial charge in [-0.1, -0.05) is 130 Å². The van der Waals surface area contributed by atoms with Gasteiger partial charge < -0.3 is 5.32 Å². The second-order valence-corrected chi connectivity index (χ2v) is 12.8. The summed E-state index contributed by atoms with van der Waals surface area (Å²) in [5, 5.41) is 13.6. The van der Waals surface area contributed by atoms with Gasteiger partial charge in [0.1, 0.15) is 5.52 Å². The number of carbonyl (C=O) groups excluding carboxylic acids is 2. The van der Waals surface area contributed by atoms with E-state index in [1.807, 2.05) is 55.5 Å². The number of hydrogen-bond donors (Lipinski definition) is 2. The summed E-state index contributed by atoms with van der Waals surface area (Å²) < 4.78 is 1.62. The molecule has 4 aromatic rings. The SMILES string of the molecule is CCCCCCCCCCCCCC(=O)Nc1ccc(Cl)c(N=C2NN(Cc3ccccc3)C(=O)C2n2nnc3cccc(C)c32)c1. The molecule has 1 saturated heterocycles. The van der Waals surface area contributed by atoms with E-state index in [1.54, 1.807) is 22.9 Å². The number of benzene rings is 3. The number of amides is 2. The van der Waals surface area contributed by atoms with Crippen LogP contribution in [0.2, 0.25) is 5.02 Å². The first-order chi connectivity index (χ1) is 22.9. The van der Waals surface area contributed by atoms with Crippen molar-refractivity contribution in [2.75, 3.05) is 5.32 Å². The Morgan fingerprint density at radius 3 is 2.34 bits per heavy atom. The van der Waals surface area contributed by atoms with Gasteiger partial charge in [0.2, 0.25) is 5.91 Å². The largest absolute Gasteiger partial charge is 0.326 e. The number of aromatic nitrogens is 3. The Kier molecular flexibility index (Phi) is 12.4. The number of aryl methyl sites for hydroxylation is 1. The minimum atomic E-state index is -0.875. The highest BCUT2D eigenvalue weighted by molar-refractivity contribution is 6.33. The lowest BCUT2D eigenvalue weighted by Crippen LogP contribution is -2.35. The molecule has 2 heterocycles. The molecule has 47 heavy (non-hydrogen) atoms. The average Bonchev–Trinajstić information content (AvgIpc) is 3.62. The molecular weight excluding hydrogens is 610 g/mol. The van der Waals surface area contributed by atoms with Gasteiger partial charge in [0.15, 0.2) is 11.9 Å². The molecule has 2 N–H and O–H groups in total. The molecular formula is C37H46ClN7O2. The van der Waals surface area contributed by atoms with Crippen molar-refractivity contribution in [3.05, 3.63) is 82.9 Å². The van der Waals surface area contributed by atoms with Crippen molar-refractivity contribution >= 4 is 51.7 Å². The molecule has 1 atom stereocenters. The van der Waals surface area contributed by atoms with Crippen LogP contribution in [0, 0.1) is 6.92 Å². The fourth-order valence-electron chi connectivity index (χ4n) is 6.03. The van der Waals surface area contributed by atoms with Gasteiger partial charge in [-0.25, -0.2) is 14.7 Å². The number of anilines is 1. The van der Waals surface area contributed by atoms with Crippen molar-refractivity contribution in [2.45, 2.75) is 103 Å². The van der Waals surface area contributed by atoms with Crippen LogP contribution in [0.5, 0.6) is 0 Å². The molecule has 0 aliphatic carbocycles. The van der Waals surface area contributed by atoms with E-state index in [-0.39, 0.29) is 11.8 Å². The summed E-state index contributed by atoms with van der Waals surface area (Å²) in [5.41, 5.74) is 7.61. The van der Waals surface area contributed by atoms with Crippen LogP contribution in [0.25, 0.3) is 11.0 Å². The first-order valence-electron chi connectivity index (χ1n) is 17.0. The highest BCUT2D eigenvalue weighted by Gasteiger charge is 2.41. The number of hydrogen-bond acceptors (Lipinski definition) is 5. The molecule has 0 radical (unpaired) electrons. The quantitative estimate of drug-likeness (QED) is 0.111. The van der Waals surface area contributed by atoms with E-state index in [2.05, 4.69) is 28.0 Å². The number of hydrazine groups is 1. The molecule has 1 aliphatic rings. The summed E-state index contributed by atoms with van der Waals surface area (Å²) in [7, 11) is 0. The number of nitrogens with one attached hydrogen (secondary N) is 2. The third-order valence-electron chi connectivity index (χ3n) is 8.61. The maximum Gasteiger partial charge on any atom is 0.274 e. The van der Waals surface area contributed by atoms with Crippen molar-refractivity contribution in [3.63, 3.8) is 0 Å². The third-order valence-corrected chi connectivity index (χ3v) is 8.93. The molecule has 1 fully saturated rings. The Balaban J connectivity index is 1.24. The molecule has 10 heteroatoms. The van der Waals surface area contributed by atoms with Gasteiger partial charge in [-0.2, -0.15) is 0 Å². The normalized spacial score (nSPS) is 15.5. The number of aliphatic imine (C=N–C) groups is 1. The molecule has 0 saturated carbocycles. The minimum Gasteiger partial charge on any atom is -0.326 e. The minimum absolute atomic E-state index is 0.0347. The molecule has 3 aromatic carbocycles. The first-order valence-corrected chi connectivity index (χ1v) is 17.4. The van der Waals surface area contributed by atoms with Crippen molar-refractivity contribution in [1.29, 1.82) is 0 Å². The number of fused-ring (bicyclic) bond motifs is 1. The van der Waals surface area contributed by atoms with Crippen LogP contribution in [-0.2, 0) is 16.1 Å². The summed E-state index contributed by atoms with van der Waals surface area (Å²) >= 11 is 6.61. The zero-order chi connectivity index (χ0) is 33.0. The standard InChI is InChI=1S/C37H46ClN7O2/c1-3-4-5-6-7-8-9-10-11-12-16-22-33(46)39-29-23-24-30(38)32(25-29)40-36-35(45-34-27(2)18-17-21-31(34)41-43-45)37(47)44(42-36)26-28-19-14-13-15-20-28/h13-15,17-21,23-25,35H,3-12,16,22,26H2,1-2H3,(H,39,46)(H,40,42). The van der Waals surface area contributed by atoms with Crippen LogP contribution in [0.4, 0.5) is 11.4 Å². The molecule has 1 unspecified atom stereocenters. The van der Waals surface area contributed by atoms with Gasteiger partial charge >= 0.3 is 0 Å². The first kappa shape index (κ1) is 34.1. The Bertz CT molecular complexity index is 1670. The molecule has 2 amide bonds. The number of amidine groups is 1. The Morgan fingerprint density at radius 2 is 1.62 bits per heavy atom. The maximum atomic E-state index is 13.9. The van der Waals surface area contributed by atoms with Crippen LogP contribution >= 0.6 is 11.6 Å². The van der Waals surface area contributed by atoms with E-state index in [1.165, 1.54) is 62.8 Å². The Hall–Kier alpha value is -4.24. The zero-order valence-corrected chi connectivity index (χ0v) is 28.3. The van der Waals surface area contributed by atoms with Crippen LogP contribution in [0.1, 0.15) is 101 Å². The van der Waals surface area contributed by atoms with E-state index in [4.69, 9.17) is 16.6 Å². The summed E-state index contributed by atoms with van der Waals surface area (Å²) in [4.78, 5) is 31.5. The lowest BCUT2D eigenvalue weighted by molar-refractivity contribution is -0.132. The highest BCUT2D eigenvalue weighted by atomic mass is 35.5. The van der Waals surface area contributed by atoms with E-state index >= 15 is 0 Å². The van der Waals surface area contributed by atoms with E-state index in [9.17, 15) is 9.59 Å². The predicted molar refractivity (Wildman–Crippen MR) is 190 cm³/mol. The maximum absolute atomic E-state index is 13.9. The van der Waals surface area contributed by atoms with Crippen molar-refractivity contribution in [3.8, 4) is 0 Å². The fourth-order valence-corrected chi connectivity index (χ4v) is 6.19. The van der Waals surface area contributed by atoms with Crippen LogP contribution < -0.4 is 10.7 Å². The van der Waals surface area contributed by atoms with E-state index in [0.717, 1.165) is 29.5 Å². The second-order valence-electron chi connectivity index (χ2n) is 12.4. The molecule has 0 bridgehead atoms. The third kappa shape index (κ3) is 9.19. The molecule has 0 spiro atoms. The van der Waals surface area contributed by atoms with Gasteiger partial charge in [-0.3, -0.25) is 15.0 Å². The molecule has 9 nitrogen and oxygen atoms in total. The van der Waals surface area contributed by atoms with Crippen molar-refractivity contribution < 1.29 is 9.59 Å². The predicted octanol–water partition coefficient (Wildman–Crippen LogP) is 8.85. The van der Waals surface area contributed by atoms with E-state index < -0.39 is 6.04 Å². The topological polar surface area (TPSA) is 105 Å². The summed E-state index contributed by atoms with van der Waals surface area (Å²) in [6, 6.07) is 19.8. The van der Waals surface area contributed by atoms with E-state index in [0.29, 0.717) is 40.7 Å². The Morgan fingerprint density at radius 1 is 0.915 bits per heavy atom. The smallest absolute Gasteiger partial charge is 0.274 e. The number of para-hydroxylation sites is 1. The lowest BCUT2D eigenvalue weighted by atomic mass is 10.1. The van der Waals surface area contributed by atoms with Crippen molar-refractivity contribution in [1.82, 2.24) is 25.4 Å². The fraction of sp³-hybridized carbons (Fsp3) is 0.432. The number of unbranched alkanes of at least 4 members (excludes halogenated alkanes) is 10. The van der Waals surface area contributed by atoms with Gasteiger partial charge in [0.25, 0.3) is 5.91 Å². The van der Waals surface area contributed by atoms with Gasteiger partial charge in [0, 0.05) is 12.1 Å². The van der Waals surface area contributed by atoms with Gasteiger partial charge in [-0.15, -0.1) is 5.10 Å². The number of halogens is 1. The molecule has 5 rings (SSSR count). The van der Waals surface area contributed by atoms with Crippen molar-refractivity contribution in [2.24, 2.45) is 4.99 Å². The van der Waals surface area contributed by atoms with Crippen LogP contribution in [0.3, 0.4) is 0 Å². The lowest BCUT2D eigenvalue weighted by Gasteiger charge is -2.16. The van der Waals surface area contributed by atoms with Crippen LogP contribution in [0.15, 0.2) is 71.7 Å². The zero-order valence-electron chi connectivity index (χ0n) is 27.6. The highest BCUT2D eigenvalue weighted by Crippen LogP contribution is 2.32. The molecule has 248 valence electrons. The van der Waals surface area contributed by atoms with Gasteiger partial charge in [-0.05, 0) is 48.7 Å². The molecule has 1 aromatic heterocycles. The Labute approximate surface area is 282 Å².